The first kappa shape index (κ1) is 22.9. The van der Waals surface area contributed by atoms with E-state index in [4.69, 9.17) is 0 Å². The van der Waals surface area contributed by atoms with Gasteiger partial charge in [0.25, 0.3) is 0 Å². The molecule has 2 aromatic carbocycles. The van der Waals surface area contributed by atoms with Crippen molar-refractivity contribution < 1.29 is 13.2 Å². The summed E-state index contributed by atoms with van der Waals surface area (Å²) in [5.74, 6) is -0.132. The van der Waals surface area contributed by atoms with E-state index in [0.29, 0.717) is 5.69 Å². The first-order valence-corrected chi connectivity index (χ1v) is 11.6. The third kappa shape index (κ3) is 5.82. The molecule has 5 nitrogen and oxygen atoms in total. The molecule has 0 saturated carbocycles. The van der Waals surface area contributed by atoms with Crippen LogP contribution in [0, 0.1) is 6.92 Å². The highest BCUT2D eigenvalue weighted by Gasteiger charge is 2.23. The van der Waals surface area contributed by atoms with Crippen LogP contribution in [0.4, 0.5) is 11.4 Å². The van der Waals surface area contributed by atoms with Crippen LogP contribution in [0.3, 0.4) is 0 Å². The molecule has 0 atom stereocenters. The smallest absolute Gasteiger partial charge is 0.245 e. The van der Waals surface area contributed by atoms with Crippen molar-refractivity contribution in [3.63, 3.8) is 0 Å². The van der Waals surface area contributed by atoms with E-state index in [0.717, 1.165) is 32.9 Å². The van der Waals surface area contributed by atoms with Crippen LogP contribution in [0.2, 0.25) is 0 Å². The van der Waals surface area contributed by atoms with Gasteiger partial charge in [0.15, 0.2) is 0 Å². The highest BCUT2D eigenvalue weighted by Crippen LogP contribution is 2.28. The number of nitrogens with zero attached hydrogens (tertiary/aromatic N) is 1. The molecule has 0 bridgehead atoms. The molecule has 0 heterocycles. The summed E-state index contributed by atoms with van der Waals surface area (Å²) in [7, 11) is -3.62. The van der Waals surface area contributed by atoms with E-state index in [9.17, 15) is 13.2 Å². The summed E-state index contributed by atoms with van der Waals surface area (Å²) in [4.78, 5) is 12.8. The summed E-state index contributed by atoms with van der Waals surface area (Å²) in [6, 6.07) is 13.2. The summed E-state index contributed by atoms with van der Waals surface area (Å²) in [5.41, 5.74) is 4.27. The van der Waals surface area contributed by atoms with Crippen molar-refractivity contribution in [2.45, 2.75) is 52.9 Å². The zero-order valence-electron chi connectivity index (χ0n) is 18.4. The van der Waals surface area contributed by atoms with Gasteiger partial charge in [-0.05, 0) is 47.1 Å². The number of sulfonamides is 1. The minimum absolute atomic E-state index is 0.0378. The average molecular weight is 417 g/mol. The van der Waals surface area contributed by atoms with Gasteiger partial charge in [0.05, 0.1) is 11.9 Å². The van der Waals surface area contributed by atoms with Crippen LogP contribution in [0.25, 0.3) is 0 Å². The van der Waals surface area contributed by atoms with Crippen LogP contribution in [0.5, 0.6) is 0 Å². The number of aryl methyl sites for hydroxylation is 1. The van der Waals surface area contributed by atoms with Gasteiger partial charge in [-0.2, -0.15) is 0 Å². The highest BCUT2D eigenvalue weighted by molar-refractivity contribution is 7.92. The lowest BCUT2D eigenvalue weighted by molar-refractivity contribution is -0.114. The van der Waals surface area contributed by atoms with Gasteiger partial charge in [-0.1, -0.05) is 65.0 Å². The van der Waals surface area contributed by atoms with E-state index in [1.165, 1.54) is 0 Å². The Kier molecular flexibility index (Phi) is 6.78. The molecule has 1 N–H and O–H groups in total. The predicted octanol–water partition coefficient (Wildman–Crippen LogP) is 4.82. The Morgan fingerprint density at radius 3 is 2.14 bits per heavy atom. The molecule has 0 saturated heterocycles. The van der Waals surface area contributed by atoms with Crippen molar-refractivity contribution in [2.24, 2.45) is 0 Å². The fraction of sp³-hybridized carbons (Fsp3) is 0.435. The second-order valence-electron chi connectivity index (χ2n) is 8.81. The van der Waals surface area contributed by atoms with Crippen molar-refractivity contribution in [1.29, 1.82) is 0 Å². The average Bonchev–Trinajstić information content (AvgIpc) is 2.59. The van der Waals surface area contributed by atoms with Crippen LogP contribution in [-0.4, -0.2) is 27.1 Å². The number of carbonyl (C=O) groups is 1. The summed E-state index contributed by atoms with van der Waals surface area (Å²) in [5, 5.41) is 2.92. The lowest BCUT2D eigenvalue weighted by Crippen LogP contribution is -2.37. The maximum atomic E-state index is 12.8. The van der Waals surface area contributed by atoms with Gasteiger partial charge in [0, 0.05) is 5.69 Å². The third-order valence-corrected chi connectivity index (χ3v) is 6.04. The molecule has 0 aromatic heterocycles. The van der Waals surface area contributed by atoms with Crippen LogP contribution >= 0.6 is 0 Å². The Bertz CT molecular complexity index is 972. The van der Waals surface area contributed by atoms with Crippen molar-refractivity contribution in [1.82, 2.24) is 0 Å². The fourth-order valence-electron chi connectivity index (χ4n) is 3.18. The van der Waals surface area contributed by atoms with Crippen molar-refractivity contribution in [3.8, 4) is 0 Å². The Morgan fingerprint density at radius 1 is 1.07 bits per heavy atom. The number of rotatable bonds is 6. The van der Waals surface area contributed by atoms with Crippen molar-refractivity contribution in [3.05, 3.63) is 59.2 Å². The van der Waals surface area contributed by atoms with Crippen LogP contribution in [-0.2, 0) is 20.2 Å². The first-order valence-electron chi connectivity index (χ1n) is 9.78. The van der Waals surface area contributed by atoms with Crippen molar-refractivity contribution >= 4 is 27.3 Å². The number of para-hydroxylation sites is 1. The molecule has 1 amide bonds. The quantitative estimate of drug-likeness (QED) is 0.734. The van der Waals surface area contributed by atoms with Gasteiger partial charge in [-0.25, -0.2) is 8.42 Å². The summed E-state index contributed by atoms with van der Waals surface area (Å²) in [6.45, 7) is 12.1. The molecule has 0 fully saturated rings. The molecular weight excluding hydrogens is 384 g/mol. The van der Waals surface area contributed by atoms with Crippen LogP contribution in [0.15, 0.2) is 42.5 Å². The zero-order valence-corrected chi connectivity index (χ0v) is 19.2. The minimum Gasteiger partial charge on any atom is -0.324 e. The summed E-state index contributed by atoms with van der Waals surface area (Å²) >= 11 is 0. The number of hydrogen-bond acceptors (Lipinski definition) is 3. The molecular formula is C23H32N2O3S. The lowest BCUT2D eigenvalue weighted by Gasteiger charge is -2.25. The summed E-state index contributed by atoms with van der Waals surface area (Å²) < 4.78 is 25.9. The van der Waals surface area contributed by atoms with Gasteiger partial charge >= 0.3 is 0 Å². The number of carbonyl (C=O) groups excluding carboxylic acids is 1. The molecule has 2 aromatic rings. The molecule has 0 unspecified atom stereocenters. The van der Waals surface area contributed by atoms with E-state index < -0.39 is 10.0 Å². The van der Waals surface area contributed by atoms with Gasteiger partial charge in [0.2, 0.25) is 15.9 Å². The topological polar surface area (TPSA) is 66.5 Å². The predicted molar refractivity (Wildman–Crippen MR) is 121 cm³/mol. The fourth-order valence-corrected chi connectivity index (χ4v) is 4.04. The minimum atomic E-state index is -3.62. The SMILES string of the molecule is Cc1cccc(C(C)C)c1NC(=O)CN(c1ccc(C(C)(C)C)cc1)S(C)(=O)=O. The molecule has 0 aliphatic heterocycles. The second kappa shape index (κ2) is 8.57. The van der Waals surface area contributed by atoms with Gasteiger partial charge in [-0.15, -0.1) is 0 Å². The zero-order chi connectivity index (χ0) is 22.0. The normalized spacial score (nSPS) is 12.1. The molecule has 158 valence electrons. The monoisotopic (exact) mass is 416 g/mol. The molecule has 6 heteroatoms. The van der Waals surface area contributed by atoms with E-state index in [1.54, 1.807) is 12.1 Å². The van der Waals surface area contributed by atoms with Gasteiger partial charge in [0.1, 0.15) is 6.54 Å². The lowest BCUT2D eigenvalue weighted by atomic mass is 9.87. The highest BCUT2D eigenvalue weighted by atomic mass is 32.2. The molecule has 0 radical (unpaired) electrons. The van der Waals surface area contributed by atoms with Gasteiger partial charge in [-0.3, -0.25) is 9.10 Å². The summed E-state index contributed by atoms with van der Waals surface area (Å²) in [6.07, 6.45) is 1.12. The van der Waals surface area contributed by atoms with E-state index >= 15 is 0 Å². The standard InChI is InChI=1S/C23H32N2O3S/c1-16(2)20-10-8-9-17(3)22(20)24-21(26)15-25(29(7,27)28)19-13-11-18(12-14-19)23(4,5)6/h8-14,16H,15H2,1-7H3,(H,24,26). The first-order chi connectivity index (χ1) is 13.3. The Labute approximate surface area is 175 Å². The molecule has 0 spiro atoms. The van der Waals surface area contributed by atoms with Crippen molar-refractivity contribution in [2.75, 3.05) is 22.4 Å². The Balaban J connectivity index is 2.30. The second-order valence-corrected chi connectivity index (χ2v) is 10.7. The van der Waals surface area contributed by atoms with Gasteiger partial charge < -0.3 is 5.32 Å². The van der Waals surface area contributed by atoms with Crippen LogP contribution < -0.4 is 9.62 Å². The third-order valence-electron chi connectivity index (χ3n) is 4.90. The number of amides is 1. The maximum Gasteiger partial charge on any atom is 0.245 e. The van der Waals surface area contributed by atoms with Crippen LogP contribution in [0.1, 0.15) is 57.2 Å². The Morgan fingerprint density at radius 2 is 1.66 bits per heavy atom. The van der Waals surface area contributed by atoms with E-state index in [1.807, 2.05) is 37.3 Å². The maximum absolute atomic E-state index is 12.8. The number of benzene rings is 2. The molecule has 2 rings (SSSR count). The number of anilines is 2. The molecule has 29 heavy (non-hydrogen) atoms. The number of hydrogen-bond donors (Lipinski definition) is 1. The largest absolute Gasteiger partial charge is 0.324 e. The molecule has 0 aliphatic rings. The Hall–Kier alpha value is -2.34. The van der Waals surface area contributed by atoms with E-state index in [-0.39, 0.29) is 23.8 Å². The molecule has 0 aliphatic carbocycles. The van der Waals surface area contributed by atoms with E-state index in [2.05, 4.69) is 39.9 Å². The number of nitrogens with one attached hydrogen (secondary N) is 1.